The van der Waals surface area contributed by atoms with Crippen LogP contribution in [0.25, 0.3) is 5.52 Å². The molecule has 0 aromatic carbocycles. The summed E-state index contributed by atoms with van der Waals surface area (Å²) in [6.07, 6.45) is 3.76. The fraction of sp³-hybridized carbons (Fsp3) is 0.200. The smallest absolute Gasteiger partial charge is 0.320 e. The maximum atomic E-state index is 10.6. The van der Waals surface area contributed by atoms with E-state index in [1.807, 2.05) is 24.4 Å². The standard InChI is InChI=1S/C10H11N3O2/c11-8(10(14)15)5-7-6-12-13-4-2-1-3-9(7)13/h1-4,6,8H,5,11H2,(H,14,15)/t8-/m0/s1. The van der Waals surface area contributed by atoms with Crippen LogP contribution in [0.4, 0.5) is 0 Å². The van der Waals surface area contributed by atoms with E-state index in [-0.39, 0.29) is 0 Å². The fourth-order valence-electron chi connectivity index (χ4n) is 1.47. The number of aliphatic carboxylic acids is 1. The van der Waals surface area contributed by atoms with Crippen LogP contribution in [0, 0.1) is 0 Å². The Morgan fingerprint density at radius 1 is 1.60 bits per heavy atom. The molecule has 15 heavy (non-hydrogen) atoms. The first-order valence-corrected chi connectivity index (χ1v) is 4.58. The molecule has 2 aromatic heterocycles. The van der Waals surface area contributed by atoms with Crippen molar-refractivity contribution in [2.75, 3.05) is 0 Å². The van der Waals surface area contributed by atoms with E-state index in [1.54, 1.807) is 10.7 Å². The SMILES string of the molecule is N[C@@H](Cc1cnn2ccccc12)C(=O)O. The fourth-order valence-corrected chi connectivity index (χ4v) is 1.47. The highest BCUT2D eigenvalue weighted by Gasteiger charge is 2.14. The molecular weight excluding hydrogens is 194 g/mol. The lowest BCUT2D eigenvalue weighted by atomic mass is 10.1. The molecule has 0 fully saturated rings. The van der Waals surface area contributed by atoms with Gasteiger partial charge in [-0.15, -0.1) is 0 Å². The lowest BCUT2D eigenvalue weighted by molar-refractivity contribution is -0.138. The Kier molecular flexibility index (Phi) is 2.39. The number of nitrogens with two attached hydrogens (primary N) is 1. The highest BCUT2D eigenvalue weighted by atomic mass is 16.4. The van der Waals surface area contributed by atoms with Gasteiger partial charge in [-0.3, -0.25) is 4.79 Å². The van der Waals surface area contributed by atoms with Crippen LogP contribution < -0.4 is 5.73 Å². The average Bonchev–Trinajstić information content (AvgIpc) is 2.62. The lowest BCUT2D eigenvalue weighted by Gasteiger charge is -2.03. The Labute approximate surface area is 86.1 Å². The normalized spacial score (nSPS) is 12.9. The third kappa shape index (κ3) is 1.82. The van der Waals surface area contributed by atoms with Crippen LogP contribution in [0.5, 0.6) is 0 Å². The molecule has 0 radical (unpaired) electrons. The van der Waals surface area contributed by atoms with Crippen LogP contribution in [-0.2, 0) is 11.2 Å². The number of carboxylic acid groups (broad SMARTS) is 1. The third-order valence-electron chi connectivity index (χ3n) is 2.26. The summed E-state index contributed by atoms with van der Waals surface area (Å²) in [5.74, 6) is -0.995. The molecule has 1 atom stereocenters. The quantitative estimate of drug-likeness (QED) is 0.754. The lowest BCUT2D eigenvalue weighted by Crippen LogP contribution is -2.32. The van der Waals surface area contributed by atoms with E-state index in [1.165, 1.54) is 0 Å². The molecule has 78 valence electrons. The van der Waals surface area contributed by atoms with E-state index in [4.69, 9.17) is 10.8 Å². The molecule has 0 saturated heterocycles. The molecule has 0 bridgehead atoms. The number of rotatable bonds is 3. The van der Waals surface area contributed by atoms with Crippen molar-refractivity contribution < 1.29 is 9.90 Å². The maximum absolute atomic E-state index is 10.6. The van der Waals surface area contributed by atoms with Gasteiger partial charge in [-0.25, -0.2) is 4.52 Å². The van der Waals surface area contributed by atoms with Crippen LogP contribution in [0.3, 0.4) is 0 Å². The molecule has 3 N–H and O–H groups in total. The van der Waals surface area contributed by atoms with Gasteiger partial charge in [0, 0.05) is 18.2 Å². The number of fused-ring (bicyclic) bond motifs is 1. The second-order valence-corrected chi connectivity index (χ2v) is 3.35. The van der Waals surface area contributed by atoms with Crippen molar-refractivity contribution in [1.82, 2.24) is 9.61 Å². The predicted molar refractivity (Wildman–Crippen MR) is 54.5 cm³/mol. The second-order valence-electron chi connectivity index (χ2n) is 3.35. The van der Waals surface area contributed by atoms with Gasteiger partial charge in [0.2, 0.25) is 0 Å². The Balaban J connectivity index is 2.32. The number of aromatic nitrogens is 2. The summed E-state index contributed by atoms with van der Waals surface area (Å²) in [6, 6.07) is 4.75. The first-order valence-electron chi connectivity index (χ1n) is 4.58. The summed E-state index contributed by atoms with van der Waals surface area (Å²) in [6.45, 7) is 0. The molecule has 0 aliphatic heterocycles. The van der Waals surface area contributed by atoms with E-state index in [0.29, 0.717) is 6.42 Å². The van der Waals surface area contributed by atoms with Crippen molar-refractivity contribution in [3.8, 4) is 0 Å². The number of hydrogen-bond acceptors (Lipinski definition) is 3. The summed E-state index contributed by atoms with van der Waals surface area (Å²) < 4.78 is 1.70. The number of carboxylic acids is 1. The molecular formula is C10H11N3O2. The summed E-state index contributed by atoms with van der Waals surface area (Å²) in [5.41, 5.74) is 7.21. The molecule has 2 rings (SSSR count). The average molecular weight is 205 g/mol. The monoisotopic (exact) mass is 205 g/mol. The minimum Gasteiger partial charge on any atom is -0.480 e. The molecule has 0 saturated carbocycles. The Morgan fingerprint density at radius 3 is 3.13 bits per heavy atom. The topological polar surface area (TPSA) is 80.6 Å². The third-order valence-corrected chi connectivity index (χ3v) is 2.26. The minimum atomic E-state index is -0.995. The van der Waals surface area contributed by atoms with Crippen molar-refractivity contribution in [3.63, 3.8) is 0 Å². The summed E-state index contributed by atoms with van der Waals surface area (Å²) in [4.78, 5) is 10.6. The van der Waals surface area contributed by atoms with Crippen molar-refractivity contribution in [3.05, 3.63) is 36.2 Å². The largest absolute Gasteiger partial charge is 0.480 e. The van der Waals surface area contributed by atoms with Crippen LogP contribution in [0.1, 0.15) is 5.56 Å². The highest BCUT2D eigenvalue weighted by Crippen LogP contribution is 2.11. The van der Waals surface area contributed by atoms with Gasteiger partial charge in [-0.1, -0.05) is 6.07 Å². The summed E-state index contributed by atoms with van der Waals surface area (Å²) in [5, 5.41) is 12.8. The van der Waals surface area contributed by atoms with E-state index < -0.39 is 12.0 Å². The Hall–Kier alpha value is -1.88. The van der Waals surface area contributed by atoms with Gasteiger partial charge in [0.15, 0.2) is 0 Å². The van der Waals surface area contributed by atoms with Gasteiger partial charge in [0.05, 0.1) is 11.7 Å². The van der Waals surface area contributed by atoms with Crippen LogP contribution in [-0.4, -0.2) is 26.7 Å². The maximum Gasteiger partial charge on any atom is 0.320 e. The van der Waals surface area contributed by atoms with Gasteiger partial charge >= 0.3 is 5.97 Å². The highest BCUT2D eigenvalue weighted by molar-refractivity contribution is 5.74. The molecule has 0 spiro atoms. The number of carbonyl (C=O) groups is 1. The summed E-state index contributed by atoms with van der Waals surface area (Å²) >= 11 is 0. The zero-order chi connectivity index (χ0) is 10.8. The van der Waals surface area contributed by atoms with Gasteiger partial charge in [-0.2, -0.15) is 5.10 Å². The molecule has 0 unspecified atom stereocenters. The zero-order valence-corrected chi connectivity index (χ0v) is 8.00. The van der Waals surface area contributed by atoms with Crippen LogP contribution >= 0.6 is 0 Å². The molecule has 0 aliphatic carbocycles. The number of hydrogen-bond donors (Lipinski definition) is 2. The van der Waals surface area contributed by atoms with Crippen molar-refractivity contribution >= 4 is 11.5 Å². The zero-order valence-electron chi connectivity index (χ0n) is 8.00. The van der Waals surface area contributed by atoms with Crippen molar-refractivity contribution in [2.45, 2.75) is 12.5 Å². The van der Waals surface area contributed by atoms with Gasteiger partial charge < -0.3 is 10.8 Å². The molecule has 2 heterocycles. The van der Waals surface area contributed by atoms with Gasteiger partial charge in [0.1, 0.15) is 6.04 Å². The van der Waals surface area contributed by atoms with Crippen molar-refractivity contribution in [2.24, 2.45) is 5.73 Å². The van der Waals surface area contributed by atoms with E-state index in [0.717, 1.165) is 11.1 Å². The molecule has 0 amide bonds. The molecule has 2 aromatic rings. The predicted octanol–water partition coefficient (Wildman–Crippen LogP) is 0.289. The van der Waals surface area contributed by atoms with E-state index in [2.05, 4.69) is 5.10 Å². The number of pyridine rings is 1. The van der Waals surface area contributed by atoms with Crippen LogP contribution in [0.15, 0.2) is 30.6 Å². The van der Waals surface area contributed by atoms with Gasteiger partial charge in [0.25, 0.3) is 0 Å². The Bertz CT molecular complexity index is 492. The van der Waals surface area contributed by atoms with E-state index >= 15 is 0 Å². The van der Waals surface area contributed by atoms with E-state index in [9.17, 15) is 4.79 Å². The Morgan fingerprint density at radius 2 is 2.40 bits per heavy atom. The minimum absolute atomic E-state index is 0.294. The second kappa shape index (κ2) is 3.70. The number of nitrogens with zero attached hydrogens (tertiary/aromatic N) is 2. The van der Waals surface area contributed by atoms with Crippen LogP contribution in [0.2, 0.25) is 0 Å². The summed E-state index contributed by atoms with van der Waals surface area (Å²) in [7, 11) is 0. The van der Waals surface area contributed by atoms with Gasteiger partial charge in [-0.05, 0) is 12.1 Å². The van der Waals surface area contributed by atoms with Crippen molar-refractivity contribution in [1.29, 1.82) is 0 Å². The molecule has 0 aliphatic rings. The first kappa shape index (κ1) is 9.67. The molecule has 5 nitrogen and oxygen atoms in total. The molecule has 5 heteroatoms. The first-order chi connectivity index (χ1) is 7.18.